The third-order valence-corrected chi connectivity index (χ3v) is 5.94. The molecule has 1 unspecified atom stereocenters. The van der Waals surface area contributed by atoms with Gasteiger partial charge in [0.15, 0.2) is 0 Å². The van der Waals surface area contributed by atoms with Crippen LogP contribution in [0.2, 0.25) is 0 Å². The van der Waals surface area contributed by atoms with Gasteiger partial charge in [-0.05, 0) is 13.3 Å². The van der Waals surface area contributed by atoms with Crippen molar-refractivity contribution in [3.8, 4) is 0 Å². The zero-order valence-electron chi connectivity index (χ0n) is 15.6. The van der Waals surface area contributed by atoms with E-state index in [2.05, 4.69) is 20.3 Å². The minimum Gasteiger partial charge on any atom is -0.391 e. The van der Waals surface area contributed by atoms with Crippen LogP contribution < -0.4 is 16.6 Å². The first kappa shape index (κ1) is 22.3. The Morgan fingerprint density at radius 2 is 2.25 bits per heavy atom. The van der Waals surface area contributed by atoms with Gasteiger partial charge in [-0.3, -0.25) is 14.3 Å². The quantitative estimate of drug-likeness (QED) is 0.177. The Kier molecular flexibility index (Phi) is 8.34. The lowest BCUT2D eigenvalue weighted by Gasteiger charge is -2.20. The van der Waals surface area contributed by atoms with E-state index in [-0.39, 0.29) is 37.4 Å². The molecular weight excluding hydrogens is 389 g/mol. The highest BCUT2D eigenvalue weighted by molar-refractivity contribution is 7.53. The van der Waals surface area contributed by atoms with Gasteiger partial charge in [0, 0.05) is 31.3 Å². The van der Waals surface area contributed by atoms with Gasteiger partial charge < -0.3 is 35.0 Å². The number of aliphatic hydroxyl groups is 1. The number of rotatable bonds is 13. The lowest BCUT2D eigenvalue weighted by molar-refractivity contribution is -0.108. The van der Waals surface area contributed by atoms with E-state index in [0.29, 0.717) is 36.0 Å². The van der Waals surface area contributed by atoms with Crippen molar-refractivity contribution in [2.24, 2.45) is 0 Å². The van der Waals surface area contributed by atoms with Gasteiger partial charge in [-0.15, -0.1) is 0 Å². The number of nitrogen functional groups attached to an aromatic ring is 1. The Morgan fingerprint density at radius 1 is 1.46 bits per heavy atom. The normalized spacial score (nSPS) is 14.8. The number of aldehydes is 1. The van der Waals surface area contributed by atoms with E-state index < -0.39 is 13.7 Å². The Hall–Kier alpha value is -2.04. The van der Waals surface area contributed by atoms with Crippen molar-refractivity contribution >= 4 is 30.9 Å². The SMILES string of the molecule is CCOP(=O)(C[C@H](O)CNCc1c[nH]c2c(=O)[nH]c(N)nc12)OCCCC=O. The minimum atomic E-state index is -3.45. The van der Waals surface area contributed by atoms with Crippen LogP contribution in [-0.4, -0.2) is 58.4 Å². The molecule has 2 aromatic rings. The number of carbonyl (C=O) groups excluding carboxylic acids is 1. The van der Waals surface area contributed by atoms with Crippen LogP contribution in [0.3, 0.4) is 0 Å². The number of aliphatic hydroxyl groups excluding tert-OH is 1. The number of aromatic amines is 2. The molecule has 12 heteroatoms. The molecule has 0 bridgehead atoms. The lowest BCUT2D eigenvalue weighted by atomic mass is 10.2. The van der Waals surface area contributed by atoms with Crippen molar-refractivity contribution in [2.75, 3.05) is 31.7 Å². The van der Waals surface area contributed by atoms with Crippen molar-refractivity contribution in [2.45, 2.75) is 32.4 Å². The Morgan fingerprint density at radius 3 is 2.96 bits per heavy atom. The maximum absolute atomic E-state index is 12.6. The second-order valence-corrected chi connectivity index (χ2v) is 8.23. The number of unbranched alkanes of at least 4 members (excludes halogenated alkanes) is 1. The summed E-state index contributed by atoms with van der Waals surface area (Å²) in [6.07, 6.45) is 1.98. The summed E-state index contributed by atoms with van der Waals surface area (Å²) in [5.41, 5.74) is 6.67. The van der Waals surface area contributed by atoms with Gasteiger partial charge in [0.1, 0.15) is 17.3 Å². The minimum absolute atomic E-state index is 0.0164. The van der Waals surface area contributed by atoms with E-state index in [1.54, 1.807) is 13.1 Å². The molecule has 0 radical (unpaired) electrons. The first-order valence-corrected chi connectivity index (χ1v) is 10.7. The van der Waals surface area contributed by atoms with Crippen molar-refractivity contribution in [3.63, 3.8) is 0 Å². The molecule has 0 spiro atoms. The van der Waals surface area contributed by atoms with Crippen LogP contribution in [0.25, 0.3) is 11.0 Å². The van der Waals surface area contributed by atoms with Crippen LogP contribution in [0.1, 0.15) is 25.3 Å². The van der Waals surface area contributed by atoms with Gasteiger partial charge >= 0.3 is 7.60 Å². The fourth-order valence-electron chi connectivity index (χ4n) is 2.63. The van der Waals surface area contributed by atoms with Crippen molar-refractivity contribution < 1.29 is 23.5 Å². The first-order chi connectivity index (χ1) is 13.4. The first-order valence-electron chi connectivity index (χ1n) is 8.95. The predicted molar refractivity (Wildman–Crippen MR) is 104 cm³/mol. The highest BCUT2D eigenvalue weighted by Crippen LogP contribution is 2.48. The molecule has 2 aromatic heterocycles. The number of nitrogens with two attached hydrogens (primary N) is 1. The number of H-pyrrole nitrogens is 2. The van der Waals surface area contributed by atoms with Crippen molar-refractivity contribution in [1.82, 2.24) is 20.3 Å². The van der Waals surface area contributed by atoms with Crippen molar-refractivity contribution in [3.05, 3.63) is 22.1 Å². The highest BCUT2D eigenvalue weighted by atomic mass is 31.2. The third kappa shape index (κ3) is 6.25. The zero-order chi connectivity index (χ0) is 20.6. The van der Waals surface area contributed by atoms with Crippen LogP contribution in [0, 0.1) is 0 Å². The molecule has 28 heavy (non-hydrogen) atoms. The summed E-state index contributed by atoms with van der Waals surface area (Å²) < 4.78 is 23.1. The average Bonchev–Trinajstić information content (AvgIpc) is 3.02. The molecule has 156 valence electrons. The Labute approximate surface area is 161 Å². The zero-order valence-corrected chi connectivity index (χ0v) is 16.5. The number of fused-ring (bicyclic) bond motifs is 1. The molecule has 0 aromatic carbocycles. The Balaban J connectivity index is 1.88. The van der Waals surface area contributed by atoms with Crippen LogP contribution >= 0.6 is 7.60 Å². The fraction of sp³-hybridized carbons (Fsp3) is 0.562. The van der Waals surface area contributed by atoms with Crippen LogP contribution in [0.15, 0.2) is 11.0 Å². The van der Waals surface area contributed by atoms with E-state index in [0.717, 1.165) is 6.29 Å². The number of nitrogens with one attached hydrogen (secondary N) is 3. The van der Waals surface area contributed by atoms with Gasteiger partial charge in [-0.1, -0.05) is 0 Å². The van der Waals surface area contributed by atoms with Gasteiger partial charge in [0.2, 0.25) is 5.95 Å². The van der Waals surface area contributed by atoms with Crippen LogP contribution in [0.5, 0.6) is 0 Å². The maximum Gasteiger partial charge on any atom is 0.333 e. The van der Waals surface area contributed by atoms with E-state index in [4.69, 9.17) is 14.8 Å². The number of anilines is 1. The van der Waals surface area contributed by atoms with E-state index in [1.807, 2.05) is 0 Å². The van der Waals surface area contributed by atoms with Gasteiger partial charge in [0.05, 0.1) is 25.5 Å². The number of hydrogen-bond donors (Lipinski definition) is 5. The summed E-state index contributed by atoms with van der Waals surface area (Å²) in [4.78, 5) is 31.5. The standard InChI is InChI=1S/C16H26N5O6P/c1-2-26-28(25,27-6-4-3-5-22)10-12(23)9-18-7-11-8-19-14-13(11)20-16(17)21-15(14)24/h5,8,12,18-19,23H,2-4,6-7,9-10H2,1H3,(H3,17,20,21,24)/t12-,28?/m1/s1. The van der Waals surface area contributed by atoms with Crippen molar-refractivity contribution in [1.29, 1.82) is 0 Å². The lowest BCUT2D eigenvalue weighted by Crippen LogP contribution is -2.29. The topological polar surface area (TPSA) is 172 Å². The molecule has 0 amide bonds. The Bertz CT molecular complexity index is 882. The molecule has 0 aliphatic carbocycles. The number of hydrogen-bond acceptors (Lipinski definition) is 9. The van der Waals surface area contributed by atoms with Crippen LogP contribution in [-0.2, 0) is 25.0 Å². The largest absolute Gasteiger partial charge is 0.391 e. The van der Waals surface area contributed by atoms with E-state index >= 15 is 0 Å². The summed E-state index contributed by atoms with van der Waals surface area (Å²) >= 11 is 0. The second-order valence-electron chi connectivity index (χ2n) is 6.13. The molecule has 0 saturated heterocycles. The summed E-state index contributed by atoms with van der Waals surface area (Å²) in [7, 11) is -3.45. The van der Waals surface area contributed by atoms with E-state index in [9.17, 15) is 19.3 Å². The third-order valence-electron chi connectivity index (χ3n) is 3.84. The molecule has 0 fully saturated rings. The highest BCUT2D eigenvalue weighted by Gasteiger charge is 2.27. The number of aromatic nitrogens is 3. The smallest absolute Gasteiger partial charge is 0.333 e. The molecule has 2 rings (SSSR count). The maximum atomic E-state index is 12.6. The van der Waals surface area contributed by atoms with Gasteiger partial charge in [-0.25, -0.2) is 4.98 Å². The van der Waals surface area contributed by atoms with E-state index in [1.165, 1.54) is 0 Å². The molecule has 2 heterocycles. The summed E-state index contributed by atoms with van der Waals surface area (Å²) in [5.74, 6) is 0.0164. The monoisotopic (exact) mass is 415 g/mol. The summed E-state index contributed by atoms with van der Waals surface area (Å²) in [5, 5.41) is 13.2. The molecule has 0 aliphatic rings. The second kappa shape index (κ2) is 10.5. The summed E-state index contributed by atoms with van der Waals surface area (Å²) in [6.45, 7) is 2.42. The van der Waals surface area contributed by atoms with Crippen LogP contribution in [0.4, 0.5) is 5.95 Å². The molecular formula is C16H26N5O6P. The molecule has 0 saturated carbocycles. The molecule has 2 atom stereocenters. The number of carbonyl (C=O) groups is 1. The molecule has 6 N–H and O–H groups in total. The van der Waals surface area contributed by atoms with Gasteiger partial charge in [-0.2, -0.15) is 0 Å². The van der Waals surface area contributed by atoms with Gasteiger partial charge in [0.25, 0.3) is 5.56 Å². The molecule has 0 aliphatic heterocycles. The average molecular weight is 415 g/mol. The predicted octanol–water partition coefficient (Wildman–Crippen LogP) is 0.509. The number of nitrogens with zero attached hydrogens (tertiary/aromatic N) is 1. The summed E-state index contributed by atoms with van der Waals surface area (Å²) in [6, 6.07) is 0. The fourth-order valence-corrected chi connectivity index (χ4v) is 4.36. The molecule has 11 nitrogen and oxygen atoms in total.